The van der Waals surface area contributed by atoms with Gasteiger partial charge in [-0.1, -0.05) is 13.8 Å². The van der Waals surface area contributed by atoms with Crippen LogP contribution in [0.2, 0.25) is 0 Å². The van der Waals surface area contributed by atoms with Crippen molar-refractivity contribution >= 4 is 12.0 Å². The predicted molar refractivity (Wildman–Crippen MR) is 74.1 cm³/mol. The number of amides is 2. The highest BCUT2D eigenvalue weighted by molar-refractivity contribution is 5.82. The van der Waals surface area contributed by atoms with Crippen LogP contribution in [-0.4, -0.2) is 44.9 Å². The number of urea groups is 1. The van der Waals surface area contributed by atoms with Gasteiger partial charge in [0.05, 0.1) is 12.7 Å². The smallest absolute Gasteiger partial charge is 0.326 e. The van der Waals surface area contributed by atoms with E-state index in [2.05, 4.69) is 10.4 Å². The molecule has 1 aromatic rings. The zero-order valence-corrected chi connectivity index (χ0v) is 12.3. The lowest BCUT2D eigenvalue weighted by Crippen LogP contribution is -2.46. The van der Waals surface area contributed by atoms with E-state index in [1.807, 2.05) is 20.0 Å². The summed E-state index contributed by atoms with van der Waals surface area (Å²) in [6.45, 7) is 4.22. The molecule has 0 aliphatic carbocycles. The Kier molecular flexibility index (Phi) is 5.54. The second-order valence-electron chi connectivity index (χ2n) is 5.35. The lowest BCUT2D eigenvalue weighted by atomic mass is 10.0. The molecule has 112 valence electrons. The lowest BCUT2D eigenvalue weighted by molar-refractivity contribution is -0.139. The van der Waals surface area contributed by atoms with Crippen LogP contribution in [0.15, 0.2) is 12.4 Å². The van der Waals surface area contributed by atoms with E-state index < -0.39 is 18.0 Å². The monoisotopic (exact) mass is 282 g/mol. The maximum atomic E-state index is 12.0. The topological polar surface area (TPSA) is 87.5 Å². The summed E-state index contributed by atoms with van der Waals surface area (Å²) in [5.41, 5.74) is 0.890. The predicted octanol–water partition coefficient (Wildman–Crippen LogP) is 1.06. The molecule has 1 atom stereocenters. The first-order valence-corrected chi connectivity index (χ1v) is 6.51. The molecule has 0 aliphatic rings. The van der Waals surface area contributed by atoms with Crippen LogP contribution in [0.3, 0.4) is 0 Å². The second-order valence-corrected chi connectivity index (χ2v) is 5.35. The molecule has 0 saturated heterocycles. The number of nitrogens with one attached hydrogen (secondary N) is 1. The molecule has 7 nitrogen and oxygen atoms in total. The van der Waals surface area contributed by atoms with Crippen LogP contribution in [0.1, 0.15) is 25.8 Å². The number of hydrogen-bond donors (Lipinski definition) is 2. The summed E-state index contributed by atoms with van der Waals surface area (Å²) in [7, 11) is 3.42. The number of rotatable bonds is 6. The van der Waals surface area contributed by atoms with E-state index in [9.17, 15) is 9.59 Å². The zero-order valence-electron chi connectivity index (χ0n) is 12.3. The van der Waals surface area contributed by atoms with Crippen molar-refractivity contribution in [2.45, 2.75) is 32.9 Å². The van der Waals surface area contributed by atoms with Crippen molar-refractivity contribution in [1.29, 1.82) is 0 Å². The van der Waals surface area contributed by atoms with E-state index in [4.69, 9.17) is 5.11 Å². The minimum absolute atomic E-state index is 0.194. The largest absolute Gasteiger partial charge is 0.480 e. The molecule has 2 N–H and O–H groups in total. The Balaban J connectivity index is 2.57. The molecule has 1 rings (SSSR count). The fraction of sp³-hybridized carbons (Fsp3) is 0.615. The van der Waals surface area contributed by atoms with E-state index in [0.29, 0.717) is 13.0 Å². The van der Waals surface area contributed by atoms with Crippen LogP contribution in [0, 0.1) is 5.92 Å². The molecule has 7 heteroatoms. The molecule has 0 radical (unpaired) electrons. The first kappa shape index (κ1) is 16.0. The number of aromatic nitrogens is 2. The minimum atomic E-state index is -1.01. The third kappa shape index (κ3) is 4.91. The van der Waals surface area contributed by atoms with Crippen LogP contribution < -0.4 is 5.32 Å². The Bertz CT molecular complexity index is 470. The van der Waals surface area contributed by atoms with Gasteiger partial charge in [0.2, 0.25) is 0 Å². The fourth-order valence-electron chi connectivity index (χ4n) is 1.85. The number of carboxylic acids is 1. The van der Waals surface area contributed by atoms with Crippen molar-refractivity contribution in [3.63, 3.8) is 0 Å². The Hall–Kier alpha value is -2.05. The molecule has 1 heterocycles. The van der Waals surface area contributed by atoms with Gasteiger partial charge in [0.1, 0.15) is 6.04 Å². The number of carboxylic acid groups (broad SMARTS) is 1. The fourth-order valence-corrected chi connectivity index (χ4v) is 1.85. The van der Waals surface area contributed by atoms with Crippen molar-refractivity contribution in [2.75, 3.05) is 7.05 Å². The van der Waals surface area contributed by atoms with Gasteiger partial charge in [0.25, 0.3) is 0 Å². The van der Waals surface area contributed by atoms with Gasteiger partial charge in [-0.25, -0.2) is 9.59 Å². The average molecular weight is 282 g/mol. The Labute approximate surface area is 118 Å². The van der Waals surface area contributed by atoms with Crippen LogP contribution in [0.4, 0.5) is 4.79 Å². The molecule has 0 fully saturated rings. The molecule has 20 heavy (non-hydrogen) atoms. The first-order chi connectivity index (χ1) is 9.29. The summed E-state index contributed by atoms with van der Waals surface area (Å²) in [6.07, 6.45) is 3.89. The number of hydrogen-bond acceptors (Lipinski definition) is 3. The van der Waals surface area contributed by atoms with Gasteiger partial charge in [-0.05, 0) is 12.3 Å². The minimum Gasteiger partial charge on any atom is -0.480 e. The molecule has 1 aromatic heterocycles. The molecule has 2 amide bonds. The van der Waals surface area contributed by atoms with Crippen molar-refractivity contribution in [2.24, 2.45) is 13.0 Å². The molecule has 0 aliphatic heterocycles. The number of aryl methyl sites for hydroxylation is 1. The van der Waals surface area contributed by atoms with Crippen molar-refractivity contribution < 1.29 is 14.7 Å². The molecular formula is C13H22N4O3. The number of carbonyl (C=O) groups excluding carboxylic acids is 1. The van der Waals surface area contributed by atoms with Gasteiger partial charge in [0, 0.05) is 25.9 Å². The van der Waals surface area contributed by atoms with E-state index in [0.717, 1.165) is 5.56 Å². The third-order valence-electron chi connectivity index (χ3n) is 2.83. The summed E-state index contributed by atoms with van der Waals surface area (Å²) in [4.78, 5) is 24.5. The van der Waals surface area contributed by atoms with Gasteiger partial charge >= 0.3 is 12.0 Å². The van der Waals surface area contributed by atoms with E-state index in [1.165, 1.54) is 4.90 Å². The van der Waals surface area contributed by atoms with Crippen LogP contribution in [0.5, 0.6) is 0 Å². The molecule has 0 unspecified atom stereocenters. The van der Waals surface area contributed by atoms with Crippen molar-refractivity contribution in [3.8, 4) is 0 Å². The zero-order chi connectivity index (χ0) is 15.3. The van der Waals surface area contributed by atoms with Gasteiger partial charge in [0.15, 0.2) is 0 Å². The normalized spacial score (nSPS) is 12.2. The lowest BCUT2D eigenvalue weighted by Gasteiger charge is -2.22. The Morgan fingerprint density at radius 1 is 1.50 bits per heavy atom. The van der Waals surface area contributed by atoms with Crippen molar-refractivity contribution in [3.05, 3.63) is 18.0 Å². The van der Waals surface area contributed by atoms with Crippen molar-refractivity contribution in [1.82, 2.24) is 20.0 Å². The molecule has 0 aromatic carbocycles. The highest BCUT2D eigenvalue weighted by Crippen LogP contribution is 2.07. The highest BCUT2D eigenvalue weighted by atomic mass is 16.4. The molecule has 0 bridgehead atoms. The van der Waals surface area contributed by atoms with Gasteiger partial charge < -0.3 is 15.3 Å². The van der Waals surface area contributed by atoms with Crippen LogP contribution in [-0.2, 0) is 18.4 Å². The Morgan fingerprint density at radius 2 is 2.15 bits per heavy atom. The quantitative estimate of drug-likeness (QED) is 0.816. The first-order valence-electron chi connectivity index (χ1n) is 6.51. The number of carbonyl (C=O) groups is 2. The van der Waals surface area contributed by atoms with Gasteiger partial charge in [-0.2, -0.15) is 5.10 Å². The summed E-state index contributed by atoms with van der Waals surface area (Å²) in [5, 5.41) is 15.7. The second kappa shape index (κ2) is 6.93. The Morgan fingerprint density at radius 3 is 2.60 bits per heavy atom. The number of nitrogens with zero attached hydrogens (tertiary/aromatic N) is 3. The average Bonchev–Trinajstić information content (AvgIpc) is 2.72. The SMILES string of the molecule is CC(C)C[C@H](NC(=O)N(C)Cc1cnn(C)c1)C(=O)O. The van der Waals surface area contributed by atoms with E-state index >= 15 is 0 Å². The highest BCUT2D eigenvalue weighted by Gasteiger charge is 2.22. The van der Waals surface area contributed by atoms with E-state index in [-0.39, 0.29) is 5.92 Å². The maximum Gasteiger partial charge on any atom is 0.326 e. The third-order valence-corrected chi connectivity index (χ3v) is 2.83. The number of aliphatic carboxylic acids is 1. The van der Waals surface area contributed by atoms with Gasteiger partial charge in [-0.3, -0.25) is 4.68 Å². The molecule has 0 saturated carbocycles. The maximum absolute atomic E-state index is 12.0. The summed E-state index contributed by atoms with van der Waals surface area (Å²) >= 11 is 0. The summed E-state index contributed by atoms with van der Waals surface area (Å²) in [5.74, 6) is -0.818. The van der Waals surface area contributed by atoms with Gasteiger partial charge in [-0.15, -0.1) is 0 Å². The summed E-state index contributed by atoms with van der Waals surface area (Å²) < 4.78 is 1.65. The molecule has 0 spiro atoms. The van der Waals surface area contributed by atoms with Crippen LogP contribution in [0.25, 0.3) is 0 Å². The summed E-state index contributed by atoms with van der Waals surface area (Å²) in [6, 6.07) is -1.26. The standard InChI is InChI=1S/C13H22N4O3/c1-9(2)5-11(12(18)19)15-13(20)16(3)7-10-6-14-17(4)8-10/h6,8-9,11H,5,7H2,1-4H3,(H,15,20)(H,18,19)/t11-/m0/s1. The molecular weight excluding hydrogens is 260 g/mol. The van der Waals surface area contributed by atoms with E-state index in [1.54, 1.807) is 25.0 Å². The van der Waals surface area contributed by atoms with Crippen LogP contribution >= 0.6 is 0 Å².